The molecule has 0 saturated carbocycles. The summed E-state index contributed by atoms with van der Waals surface area (Å²) >= 11 is 0. The Morgan fingerprint density at radius 2 is 1.04 bits per heavy atom. The van der Waals surface area contributed by atoms with E-state index in [4.69, 9.17) is 9.84 Å². The summed E-state index contributed by atoms with van der Waals surface area (Å²) < 4.78 is 140. The van der Waals surface area contributed by atoms with E-state index in [0.717, 1.165) is 12.8 Å². The van der Waals surface area contributed by atoms with Crippen molar-refractivity contribution in [3.05, 3.63) is 0 Å². The molecule has 0 fully saturated rings. The summed E-state index contributed by atoms with van der Waals surface area (Å²) in [5.74, 6) is -32.0. The fourth-order valence-corrected chi connectivity index (χ4v) is 2.22. The molecule has 2 nitrogen and oxygen atoms in total. The molecule has 0 heterocycles. The smallest absolute Gasteiger partial charge is 0.384 e. The Bertz CT molecular complexity index is 455. The maximum Gasteiger partial charge on any atom is 0.384 e. The molecule has 28 heavy (non-hydrogen) atoms. The van der Waals surface area contributed by atoms with Crippen molar-refractivity contribution in [2.24, 2.45) is 0 Å². The van der Waals surface area contributed by atoms with Crippen LogP contribution >= 0.6 is 0 Å². The second kappa shape index (κ2) is 10.3. The summed E-state index contributed by atoms with van der Waals surface area (Å²) in [6.45, 7) is 0.360. The van der Waals surface area contributed by atoms with Crippen LogP contribution in [0.3, 0.4) is 0 Å². The van der Waals surface area contributed by atoms with Crippen LogP contribution in [0.1, 0.15) is 51.9 Å². The molecule has 0 aromatic rings. The number of aliphatic hydroxyl groups excluding tert-OH is 1. The minimum Gasteiger partial charge on any atom is -0.396 e. The van der Waals surface area contributed by atoms with Crippen LogP contribution in [0.25, 0.3) is 0 Å². The second-order valence-corrected chi connectivity index (χ2v) is 6.38. The standard InChI is InChI=1S/C16H24F10O2/c1-2-3-4-10-28-11-6-8-13(19,20)15(23,24)16(25,26)14(21,22)12(17,18)7-5-9-27/h27H,2-11H2,1H3. The van der Waals surface area contributed by atoms with Crippen molar-refractivity contribution in [3.63, 3.8) is 0 Å². The number of hydrogen-bond donors (Lipinski definition) is 1. The van der Waals surface area contributed by atoms with E-state index in [0.29, 0.717) is 6.42 Å². The van der Waals surface area contributed by atoms with E-state index < -0.39 is 68.5 Å². The highest BCUT2D eigenvalue weighted by Gasteiger charge is 2.85. The van der Waals surface area contributed by atoms with E-state index in [1.165, 1.54) is 0 Å². The van der Waals surface area contributed by atoms with E-state index in [1.807, 2.05) is 6.92 Å². The Balaban J connectivity index is 5.18. The van der Waals surface area contributed by atoms with E-state index in [-0.39, 0.29) is 6.61 Å². The summed E-state index contributed by atoms with van der Waals surface area (Å²) in [4.78, 5) is 0. The zero-order valence-corrected chi connectivity index (χ0v) is 15.2. The number of aliphatic hydroxyl groups is 1. The molecule has 0 atom stereocenters. The van der Waals surface area contributed by atoms with E-state index in [1.54, 1.807) is 0 Å². The Kier molecular flexibility index (Phi) is 10.0. The first-order valence-electron chi connectivity index (χ1n) is 8.70. The van der Waals surface area contributed by atoms with Crippen LogP contribution in [0.4, 0.5) is 43.9 Å². The molecule has 1 N–H and O–H groups in total. The Morgan fingerprint density at radius 1 is 0.607 bits per heavy atom. The SMILES string of the molecule is CCCCCOCCCC(F)(F)C(F)(F)C(F)(F)C(F)(F)C(F)(F)CCCO. The average Bonchev–Trinajstić information content (AvgIpc) is 2.58. The van der Waals surface area contributed by atoms with Crippen molar-refractivity contribution in [1.29, 1.82) is 0 Å². The highest BCUT2D eigenvalue weighted by molar-refractivity contribution is 5.08. The topological polar surface area (TPSA) is 29.5 Å². The van der Waals surface area contributed by atoms with Gasteiger partial charge in [-0.15, -0.1) is 0 Å². The monoisotopic (exact) mass is 438 g/mol. The molecule has 0 amide bonds. The van der Waals surface area contributed by atoms with Crippen LogP contribution in [-0.2, 0) is 4.74 Å². The maximum absolute atomic E-state index is 13.6. The van der Waals surface area contributed by atoms with Gasteiger partial charge in [-0.2, -0.15) is 43.9 Å². The molecular weight excluding hydrogens is 414 g/mol. The highest BCUT2D eigenvalue weighted by Crippen LogP contribution is 2.58. The molecule has 12 heteroatoms. The second-order valence-electron chi connectivity index (χ2n) is 6.38. The lowest BCUT2D eigenvalue weighted by Crippen LogP contribution is -2.67. The van der Waals surface area contributed by atoms with Gasteiger partial charge in [0.15, 0.2) is 0 Å². The molecule has 0 aromatic carbocycles. The van der Waals surface area contributed by atoms with Crippen LogP contribution in [-0.4, -0.2) is 54.5 Å². The van der Waals surface area contributed by atoms with Gasteiger partial charge in [0.05, 0.1) is 0 Å². The lowest BCUT2D eigenvalue weighted by Gasteiger charge is -2.39. The number of hydrogen-bond acceptors (Lipinski definition) is 2. The lowest BCUT2D eigenvalue weighted by atomic mass is 9.91. The van der Waals surface area contributed by atoms with Gasteiger partial charge in [0.2, 0.25) is 0 Å². The molecule has 0 aliphatic heterocycles. The average molecular weight is 438 g/mol. The number of rotatable bonds is 15. The third-order valence-corrected chi connectivity index (χ3v) is 4.03. The largest absolute Gasteiger partial charge is 0.396 e. The molecule has 0 aliphatic carbocycles. The minimum absolute atomic E-state index is 0.112. The Labute approximate surface area is 156 Å². The molecule has 0 rings (SSSR count). The number of halogens is 10. The van der Waals surface area contributed by atoms with Gasteiger partial charge in [0.25, 0.3) is 0 Å². The summed E-state index contributed by atoms with van der Waals surface area (Å²) in [5.41, 5.74) is 0. The van der Waals surface area contributed by atoms with Crippen molar-refractivity contribution in [2.75, 3.05) is 19.8 Å². The Morgan fingerprint density at radius 3 is 1.46 bits per heavy atom. The van der Waals surface area contributed by atoms with Gasteiger partial charge in [-0.05, 0) is 19.3 Å². The predicted molar refractivity (Wildman–Crippen MR) is 80.6 cm³/mol. The van der Waals surface area contributed by atoms with Crippen LogP contribution < -0.4 is 0 Å². The summed E-state index contributed by atoms with van der Waals surface area (Å²) in [7, 11) is 0. The van der Waals surface area contributed by atoms with Gasteiger partial charge in [-0.25, -0.2) is 0 Å². The van der Waals surface area contributed by atoms with Gasteiger partial charge in [0, 0.05) is 32.7 Å². The first-order valence-corrected chi connectivity index (χ1v) is 8.70. The summed E-state index contributed by atoms with van der Waals surface area (Å²) in [6.07, 6.45) is -3.90. The normalized spacial score (nSPS) is 14.6. The molecule has 0 unspecified atom stereocenters. The first kappa shape index (κ1) is 27.2. The summed E-state index contributed by atoms with van der Waals surface area (Å²) in [6, 6.07) is 0. The van der Waals surface area contributed by atoms with E-state index >= 15 is 0 Å². The van der Waals surface area contributed by atoms with Crippen molar-refractivity contribution in [2.45, 2.75) is 81.5 Å². The zero-order valence-electron chi connectivity index (χ0n) is 15.2. The molecule has 0 saturated heterocycles. The number of alkyl halides is 10. The quantitative estimate of drug-likeness (QED) is 0.254. The fraction of sp³-hybridized carbons (Fsp3) is 1.00. The van der Waals surface area contributed by atoms with Crippen molar-refractivity contribution < 1.29 is 53.7 Å². The van der Waals surface area contributed by atoms with Gasteiger partial charge >= 0.3 is 29.6 Å². The lowest BCUT2D eigenvalue weighted by molar-refractivity contribution is -0.402. The number of unbranched alkanes of at least 4 members (excludes halogenated alkanes) is 2. The third-order valence-electron chi connectivity index (χ3n) is 4.03. The molecule has 0 aliphatic rings. The number of ether oxygens (including phenoxy) is 1. The van der Waals surface area contributed by atoms with E-state index in [2.05, 4.69) is 0 Å². The molecule has 0 aromatic heterocycles. The summed E-state index contributed by atoms with van der Waals surface area (Å²) in [5, 5.41) is 8.33. The van der Waals surface area contributed by atoms with Crippen molar-refractivity contribution >= 4 is 0 Å². The Hall–Kier alpha value is -0.780. The highest BCUT2D eigenvalue weighted by atomic mass is 19.4. The van der Waals surface area contributed by atoms with Gasteiger partial charge in [-0.1, -0.05) is 19.8 Å². The van der Waals surface area contributed by atoms with Crippen LogP contribution in [0.2, 0.25) is 0 Å². The molecular formula is C16H24F10O2. The minimum atomic E-state index is -7.04. The van der Waals surface area contributed by atoms with Gasteiger partial charge in [0.1, 0.15) is 0 Å². The predicted octanol–water partition coefficient (Wildman–Crippen LogP) is 5.92. The fourth-order valence-electron chi connectivity index (χ4n) is 2.22. The van der Waals surface area contributed by atoms with Gasteiger partial charge < -0.3 is 9.84 Å². The molecule has 0 radical (unpaired) electrons. The van der Waals surface area contributed by atoms with Crippen LogP contribution in [0.5, 0.6) is 0 Å². The first-order chi connectivity index (χ1) is 12.6. The van der Waals surface area contributed by atoms with Crippen molar-refractivity contribution in [3.8, 4) is 0 Å². The molecule has 170 valence electrons. The molecule has 0 spiro atoms. The maximum atomic E-state index is 13.6. The van der Waals surface area contributed by atoms with E-state index in [9.17, 15) is 43.9 Å². The van der Waals surface area contributed by atoms with Gasteiger partial charge in [-0.3, -0.25) is 0 Å². The molecule has 0 bridgehead atoms. The van der Waals surface area contributed by atoms with Crippen molar-refractivity contribution in [1.82, 2.24) is 0 Å². The van der Waals surface area contributed by atoms with Crippen LogP contribution in [0, 0.1) is 0 Å². The zero-order chi connectivity index (χ0) is 22.3. The third kappa shape index (κ3) is 5.87. The van der Waals surface area contributed by atoms with Crippen LogP contribution in [0.15, 0.2) is 0 Å².